The summed E-state index contributed by atoms with van der Waals surface area (Å²) in [5, 5.41) is 10.7. The number of benzene rings is 1. The summed E-state index contributed by atoms with van der Waals surface area (Å²) in [6.07, 6.45) is 0. The topological polar surface area (TPSA) is 69.4 Å². The fourth-order valence-electron chi connectivity index (χ4n) is 1.23. The predicted octanol–water partition coefficient (Wildman–Crippen LogP) is 2.77. The van der Waals surface area contributed by atoms with E-state index in [4.69, 9.17) is 23.2 Å². The second-order valence-electron chi connectivity index (χ2n) is 2.81. The van der Waals surface area contributed by atoms with Crippen molar-refractivity contribution in [2.75, 3.05) is 7.11 Å². The van der Waals surface area contributed by atoms with Crippen LogP contribution < -0.4 is 0 Å². The van der Waals surface area contributed by atoms with Crippen LogP contribution in [0.25, 0.3) is 0 Å². The molecule has 0 N–H and O–H groups in total. The number of carbonyl (C=O) groups is 1. The van der Waals surface area contributed by atoms with E-state index < -0.39 is 16.6 Å². The quantitative estimate of drug-likeness (QED) is 0.364. The molecule has 1 rings (SSSR count). The van der Waals surface area contributed by atoms with E-state index in [-0.39, 0.29) is 16.5 Å². The molecule has 0 saturated carbocycles. The SMILES string of the molecule is COC(=O)c1c(CCl)ccc(Cl)c1[N+](=O)[O-]. The maximum atomic E-state index is 11.4. The van der Waals surface area contributed by atoms with Crippen LogP contribution >= 0.6 is 23.2 Å². The minimum atomic E-state index is -0.829. The number of rotatable bonds is 3. The molecule has 0 radical (unpaired) electrons. The summed E-state index contributed by atoms with van der Waals surface area (Å²) in [6, 6.07) is 2.78. The number of ether oxygens (including phenoxy) is 1. The summed E-state index contributed by atoms with van der Waals surface area (Å²) in [7, 11) is 1.13. The smallest absolute Gasteiger partial charge is 0.345 e. The lowest BCUT2D eigenvalue weighted by Crippen LogP contribution is -2.09. The zero-order valence-corrected chi connectivity index (χ0v) is 9.71. The molecule has 86 valence electrons. The van der Waals surface area contributed by atoms with Crippen molar-refractivity contribution >= 4 is 34.9 Å². The molecule has 0 aliphatic heterocycles. The largest absolute Gasteiger partial charge is 0.465 e. The van der Waals surface area contributed by atoms with Crippen LogP contribution in [0.15, 0.2) is 12.1 Å². The van der Waals surface area contributed by atoms with E-state index in [2.05, 4.69) is 4.74 Å². The van der Waals surface area contributed by atoms with Crippen molar-refractivity contribution in [3.8, 4) is 0 Å². The van der Waals surface area contributed by atoms with E-state index in [1.165, 1.54) is 12.1 Å². The second kappa shape index (κ2) is 5.14. The monoisotopic (exact) mass is 263 g/mol. The molecular weight excluding hydrogens is 257 g/mol. The highest BCUT2D eigenvalue weighted by atomic mass is 35.5. The molecule has 7 heteroatoms. The predicted molar refractivity (Wildman–Crippen MR) is 59.0 cm³/mol. The molecular formula is C9H7Cl2NO4. The third-order valence-electron chi connectivity index (χ3n) is 1.93. The van der Waals surface area contributed by atoms with E-state index in [1.807, 2.05) is 0 Å². The van der Waals surface area contributed by atoms with Gasteiger partial charge in [0.05, 0.1) is 12.0 Å². The fourth-order valence-corrected chi connectivity index (χ4v) is 1.68. The Labute approximate surface area is 101 Å². The Morgan fingerprint density at radius 3 is 2.62 bits per heavy atom. The van der Waals surface area contributed by atoms with Gasteiger partial charge in [-0.3, -0.25) is 10.1 Å². The van der Waals surface area contributed by atoms with Crippen molar-refractivity contribution in [2.45, 2.75) is 5.88 Å². The summed E-state index contributed by atoms with van der Waals surface area (Å²) in [4.78, 5) is 21.5. The van der Waals surface area contributed by atoms with E-state index >= 15 is 0 Å². The van der Waals surface area contributed by atoms with E-state index in [0.29, 0.717) is 5.56 Å². The number of nitrogens with zero attached hydrogens (tertiary/aromatic N) is 1. The summed E-state index contributed by atoms with van der Waals surface area (Å²) in [5.74, 6) is -0.868. The Hall–Kier alpha value is -1.33. The standard InChI is InChI=1S/C9H7Cl2NO4/c1-16-9(13)7-5(4-10)2-3-6(11)8(7)12(14)15/h2-3H,4H2,1H3. The van der Waals surface area contributed by atoms with Gasteiger partial charge in [-0.2, -0.15) is 0 Å². The zero-order chi connectivity index (χ0) is 12.3. The molecule has 1 aromatic rings. The molecule has 5 nitrogen and oxygen atoms in total. The van der Waals surface area contributed by atoms with Gasteiger partial charge in [0.25, 0.3) is 0 Å². The number of halogens is 2. The number of methoxy groups -OCH3 is 1. The average Bonchev–Trinajstić information content (AvgIpc) is 2.27. The lowest BCUT2D eigenvalue weighted by molar-refractivity contribution is -0.385. The third kappa shape index (κ3) is 2.25. The maximum absolute atomic E-state index is 11.4. The van der Waals surface area contributed by atoms with Gasteiger partial charge in [-0.1, -0.05) is 17.7 Å². The van der Waals surface area contributed by atoms with Gasteiger partial charge in [-0.15, -0.1) is 11.6 Å². The van der Waals surface area contributed by atoms with Crippen LogP contribution in [0.2, 0.25) is 5.02 Å². The first-order valence-corrected chi connectivity index (χ1v) is 5.04. The van der Waals surface area contributed by atoms with Gasteiger partial charge in [0.15, 0.2) is 0 Å². The number of alkyl halides is 1. The van der Waals surface area contributed by atoms with Crippen molar-refractivity contribution < 1.29 is 14.5 Å². The maximum Gasteiger partial charge on any atom is 0.345 e. The van der Waals surface area contributed by atoms with Gasteiger partial charge in [0, 0.05) is 5.88 Å². The number of nitro groups is 1. The Kier molecular flexibility index (Phi) is 4.09. The molecule has 0 amide bonds. The normalized spacial score (nSPS) is 9.94. The first-order chi connectivity index (χ1) is 7.52. The van der Waals surface area contributed by atoms with Crippen LogP contribution in [0.5, 0.6) is 0 Å². The van der Waals surface area contributed by atoms with Crippen LogP contribution in [0.1, 0.15) is 15.9 Å². The molecule has 0 atom stereocenters. The highest BCUT2D eigenvalue weighted by Crippen LogP contribution is 2.32. The first kappa shape index (κ1) is 12.7. The Bertz CT molecular complexity index is 447. The first-order valence-electron chi connectivity index (χ1n) is 4.13. The van der Waals surface area contributed by atoms with E-state index in [0.717, 1.165) is 7.11 Å². The Morgan fingerprint density at radius 1 is 1.56 bits per heavy atom. The number of carbonyl (C=O) groups excluding carboxylic acids is 1. The van der Waals surface area contributed by atoms with Crippen molar-refractivity contribution in [3.05, 3.63) is 38.4 Å². The molecule has 1 aromatic carbocycles. The molecule has 0 spiro atoms. The molecule has 0 aromatic heterocycles. The van der Waals surface area contributed by atoms with Crippen molar-refractivity contribution in [1.29, 1.82) is 0 Å². The average molecular weight is 264 g/mol. The van der Waals surface area contributed by atoms with Gasteiger partial charge < -0.3 is 4.74 Å². The van der Waals surface area contributed by atoms with Crippen LogP contribution in [0.3, 0.4) is 0 Å². The number of hydrogen-bond donors (Lipinski definition) is 0. The van der Waals surface area contributed by atoms with Gasteiger partial charge in [0.1, 0.15) is 10.6 Å². The van der Waals surface area contributed by atoms with Crippen LogP contribution in [0, 0.1) is 10.1 Å². The van der Waals surface area contributed by atoms with E-state index in [1.54, 1.807) is 0 Å². The summed E-state index contributed by atoms with van der Waals surface area (Å²) < 4.78 is 4.46. The lowest BCUT2D eigenvalue weighted by Gasteiger charge is -2.06. The Morgan fingerprint density at radius 2 is 2.19 bits per heavy atom. The minimum absolute atomic E-state index is 0.0392. The number of nitro benzene ring substituents is 1. The molecule has 16 heavy (non-hydrogen) atoms. The molecule has 0 bridgehead atoms. The second-order valence-corrected chi connectivity index (χ2v) is 3.49. The summed E-state index contributed by atoms with van der Waals surface area (Å²) >= 11 is 11.3. The van der Waals surface area contributed by atoms with Crippen molar-refractivity contribution in [2.24, 2.45) is 0 Å². The lowest BCUT2D eigenvalue weighted by atomic mass is 10.1. The van der Waals surface area contributed by atoms with E-state index in [9.17, 15) is 14.9 Å². The molecule has 0 saturated heterocycles. The van der Waals surface area contributed by atoms with Crippen LogP contribution in [-0.2, 0) is 10.6 Å². The van der Waals surface area contributed by atoms with Gasteiger partial charge in [-0.05, 0) is 11.6 Å². The van der Waals surface area contributed by atoms with Gasteiger partial charge in [-0.25, -0.2) is 4.79 Å². The molecule has 0 fully saturated rings. The highest BCUT2D eigenvalue weighted by Gasteiger charge is 2.27. The van der Waals surface area contributed by atoms with Crippen LogP contribution in [-0.4, -0.2) is 18.0 Å². The summed E-state index contributed by atoms with van der Waals surface area (Å²) in [5.41, 5.74) is -0.369. The number of esters is 1. The Balaban J connectivity index is 3.55. The van der Waals surface area contributed by atoms with Crippen LogP contribution in [0.4, 0.5) is 5.69 Å². The third-order valence-corrected chi connectivity index (χ3v) is 2.52. The van der Waals surface area contributed by atoms with Gasteiger partial charge >= 0.3 is 11.7 Å². The van der Waals surface area contributed by atoms with Crippen molar-refractivity contribution in [1.82, 2.24) is 0 Å². The molecule has 0 aliphatic carbocycles. The zero-order valence-electron chi connectivity index (χ0n) is 8.20. The molecule has 0 heterocycles. The van der Waals surface area contributed by atoms with Crippen molar-refractivity contribution in [3.63, 3.8) is 0 Å². The fraction of sp³-hybridized carbons (Fsp3) is 0.222. The number of hydrogen-bond acceptors (Lipinski definition) is 4. The highest BCUT2D eigenvalue weighted by molar-refractivity contribution is 6.33. The molecule has 0 unspecified atom stereocenters. The summed E-state index contributed by atoms with van der Waals surface area (Å²) in [6.45, 7) is 0. The minimum Gasteiger partial charge on any atom is -0.465 e. The van der Waals surface area contributed by atoms with Gasteiger partial charge in [0.2, 0.25) is 0 Å². The molecule has 0 aliphatic rings.